The summed E-state index contributed by atoms with van der Waals surface area (Å²) < 4.78 is 5.86. The van der Waals surface area contributed by atoms with Crippen molar-refractivity contribution in [2.24, 2.45) is 4.74 Å². The van der Waals surface area contributed by atoms with E-state index in [0.29, 0.717) is 43.2 Å². The van der Waals surface area contributed by atoms with Gasteiger partial charge in [0.15, 0.2) is 0 Å². The van der Waals surface area contributed by atoms with Gasteiger partial charge in [0.1, 0.15) is 0 Å². The Morgan fingerprint density at radius 1 is 0.729 bits per heavy atom. The van der Waals surface area contributed by atoms with Crippen molar-refractivity contribution in [2.75, 3.05) is 0 Å². The quantitative estimate of drug-likeness (QED) is 0.0819. The standard InChI is InChI=1S/C41H36N5PSi/c1-28-17-21-34-36(23-28)40(38(26-42)44-2)35-22-18-29(24-37(35)41(34)39(27-43)45-3)46-47(30-13-9-7-10-14-30,31-15-11-8-12-16-31)32-19-20-33(25-32)48(4,5)6/h7-18,21-24,32-33H,19-20,25H2,1,4-6H3/b40-38-,41-39+. The van der Waals surface area contributed by atoms with E-state index in [2.05, 4.69) is 102 Å². The van der Waals surface area contributed by atoms with Crippen LogP contribution < -0.4 is 21.0 Å². The molecule has 0 spiro atoms. The van der Waals surface area contributed by atoms with Gasteiger partial charge in [0.2, 0.25) is 0 Å². The fourth-order valence-corrected chi connectivity index (χ4v) is 14.1. The van der Waals surface area contributed by atoms with E-state index in [4.69, 9.17) is 17.9 Å². The lowest BCUT2D eigenvalue weighted by Crippen LogP contribution is -2.28. The molecule has 2 unspecified atom stereocenters. The van der Waals surface area contributed by atoms with Gasteiger partial charge < -0.3 is 0 Å². The van der Waals surface area contributed by atoms with Crippen LogP contribution in [0.15, 0.2) is 102 Å². The van der Waals surface area contributed by atoms with Gasteiger partial charge in [-0.2, -0.15) is 0 Å². The first-order valence-corrected chi connectivity index (χ1v) is 21.6. The second-order valence-corrected chi connectivity index (χ2v) is 22.5. The van der Waals surface area contributed by atoms with Gasteiger partial charge >= 0.3 is 0 Å². The monoisotopic (exact) mass is 657 g/mol. The van der Waals surface area contributed by atoms with Gasteiger partial charge in [-0.3, -0.25) is 4.74 Å². The predicted molar refractivity (Wildman–Crippen MR) is 203 cm³/mol. The molecule has 0 radical (unpaired) electrons. The Kier molecular flexibility index (Phi) is 8.93. The Labute approximate surface area is 283 Å². The van der Waals surface area contributed by atoms with E-state index in [1.54, 1.807) is 0 Å². The zero-order valence-electron chi connectivity index (χ0n) is 27.7. The van der Waals surface area contributed by atoms with Crippen LogP contribution in [0.3, 0.4) is 0 Å². The Balaban J connectivity index is 1.81. The smallest absolute Gasteiger partial charge is 0.258 e. The SMILES string of the molecule is [C-]#[N+]/C(C#N)=c1\c2cc(C)ccc2/c(=C(/C#N)[N+]#[C-])c2cc(N=P(c3ccccc3)(c3ccccc3)C3CCC([Si](C)(C)C)C3)ccc12. The number of aryl methyl sites for hydroxylation is 1. The van der Waals surface area contributed by atoms with Crippen molar-refractivity contribution < 1.29 is 0 Å². The summed E-state index contributed by atoms with van der Waals surface area (Å²) in [6.45, 7) is 25.2. The number of nitrogens with zero attached hydrogens (tertiary/aromatic N) is 5. The highest BCUT2D eigenvalue weighted by atomic mass is 31.2. The Morgan fingerprint density at radius 2 is 1.25 bits per heavy atom. The summed E-state index contributed by atoms with van der Waals surface area (Å²) in [5.74, 6) is 0. The molecule has 5 nitrogen and oxygen atoms in total. The molecular formula is C41H36N5PSi. The van der Waals surface area contributed by atoms with Crippen LogP contribution in [-0.2, 0) is 0 Å². The molecule has 0 N–H and O–H groups in total. The van der Waals surface area contributed by atoms with Gasteiger partial charge in [0.05, 0.1) is 31.0 Å². The van der Waals surface area contributed by atoms with Crippen molar-refractivity contribution in [1.82, 2.24) is 0 Å². The summed E-state index contributed by atoms with van der Waals surface area (Å²) in [6.07, 6.45) is 3.46. The lowest BCUT2D eigenvalue weighted by atomic mass is 9.94. The summed E-state index contributed by atoms with van der Waals surface area (Å²) in [7, 11) is -3.79. The lowest BCUT2D eigenvalue weighted by molar-refractivity contribution is 0.840. The molecular weight excluding hydrogens is 622 g/mol. The van der Waals surface area contributed by atoms with Crippen molar-refractivity contribution in [3.63, 3.8) is 0 Å². The third kappa shape index (κ3) is 5.66. The molecule has 5 aromatic carbocycles. The van der Waals surface area contributed by atoms with E-state index in [1.165, 1.54) is 17.0 Å². The molecule has 0 bridgehead atoms. The number of rotatable bonds is 5. The molecule has 1 fully saturated rings. The van der Waals surface area contributed by atoms with Gasteiger partial charge in [-0.15, -0.1) is 0 Å². The van der Waals surface area contributed by atoms with E-state index in [9.17, 15) is 10.5 Å². The number of benzene rings is 5. The van der Waals surface area contributed by atoms with Crippen molar-refractivity contribution >= 4 is 64.4 Å². The van der Waals surface area contributed by atoms with Gasteiger partial charge in [0.25, 0.3) is 11.4 Å². The molecule has 0 amide bonds. The van der Waals surface area contributed by atoms with Gasteiger partial charge in [-0.05, 0) is 69.6 Å². The second-order valence-electron chi connectivity index (χ2n) is 13.7. The van der Waals surface area contributed by atoms with E-state index >= 15 is 0 Å². The third-order valence-electron chi connectivity index (χ3n) is 9.90. The number of hydrogen-bond acceptors (Lipinski definition) is 3. The van der Waals surface area contributed by atoms with Crippen molar-refractivity contribution in [1.29, 1.82) is 10.5 Å². The largest absolute Gasteiger partial charge is 0.270 e. The molecule has 1 saturated carbocycles. The normalized spacial score (nSPS) is 17.5. The molecule has 0 heterocycles. The van der Waals surface area contributed by atoms with Crippen LogP contribution in [0.5, 0.6) is 0 Å². The van der Waals surface area contributed by atoms with Crippen molar-refractivity contribution in [2.45, 2.75) is 57.0 Å². The Morgan fingerprint density at radius 3 is 1.73 bits per heavy atom. The zero-order valence-corrected chi connectivity index (χ0v) is 29.6. The van der Waals surface area contributed by atoms with Crippen LogP contribution in [0.2, 0.25) is 25.2 Å². The molecule has 0 aromatic heterocycles. The van der Waals surface area contributed by atoms with E-state index in [1.807, 2.05) is 43.3 Å². The van der Waals surface area contributed by atoms with Gasteiger partial charge in [-0.1, -0.05) is 117 Å². The molecule has 0 aliphatic heterocycles. The molecule has 1 aliphatic carbocycles. The topological polar surface area (TPSA) is 68.7 Å². The number of fused-ring (bicyclic) bond motifs is 2. The summed E-state index contributed by atoms with van der Waals surface area (Å²) in [5, 5.41) is 26.5. The number of hydrogen-bond donors (Lipinski definition) is 0. The Hall–Kier alpha value is -5.23. The van der Waals surface area contributed by atoms with Crippen LogP contribution in [-0.4, -0.2) is 13.7 Å². The van der Waals surface area contributed by atoms with E-state index in [-0.39, 0.29) is 11.4 Å². The first kappa shape index (κ1) is 32.7. The maximum Gasteiger partial charge on any atom is 0.270 e. The molecule has 234 valence electrons. The van der Waals surface area contributed by atoms with Crippen LogP contribution >= 0.6 is 7.05 Å². The van der Waals surface area contributed by atoms with Crippen LogP contribution in [0.4, 0.5) is 5.69 Å². The first-order chi connectivity index (χ1) is 23.2. The number of nitriles is 2. The average Bonchev–Trinajstić information content (AvgIpc) is 3.61. The highest BCUT2D eigenvalue weighted by Gasteiger charge is 2.43. The molecule has 0 saturated heterocycles. The minimum atomic E-state index is -2.40. The summed E-state index contributed by atoms with van der Waals surface area (Å²) >= 11 is 0. The third-order valence-corrected chi connectivity index (χ3v) is 17.1. The molecule has 1 aliphatic rings. The zero-order chi connectivity index (χ0) is 34.1. The predicted octanol–water partition coefficient (Wildman–Crippen LogP) is 9.15. The summed E-state index contributed by atoms with van der Waals surface area (Å²) in [5.41, 5.74) is 2.76. The van der Waals surface area contributed by atoms with E-state index < -0.39 is 15.1 Å². The molecule has 2 atom stereocenters. The fraction of sp³-hybridized carbons (Fsp3) is 0.220. The highest BCUT2D eigenvalue weighted by molar-refractivity contribution is 7.81. The maximum atomic E-state index is 10.2. The molecule has 7 heteroatoms. The molecule has 5 aromatic rings. The minimum absolute atomic E-state index is 0.0214. The van der Waals surface area contributed by atoms with Gasteiger partial charge in [-0.25, -0.2) is 20.2 Å². The fourth-order valence-electron chi connectivity index (χ4n) is 7.52. The van der Waals surface area contributed by atoms with Gasteiger partial charge in [0, 0.05) is 31.2 Å². The second kappa shape index (κ2) is 13.1. The minimum Gasteiger partial charge on any atom is -0.258 e. The summed E-state index contributed by atoms with van der Waals surface area (Å²) in [4.78, 5) is 7.28. The maximum absolute atomic E-state index is 10.2. The van der Waals surface area contributed by atoms with Crippen molar-refractivity contribution in [3.05, 3.63) is 136 Å². The van der Waals surface area contributed by atoms with E-state index in [0.717, 1.165) is 24.1 Å². The highest BCUT2D eigenvalue weighted by Crippen LogP contribution is 2.62. The first-order valence-electron chi connectivity index (χ1n) is 16.2. The molecule has 6 rings (SSSR count). The summed E-state index contributed by atoms with van der Waals surface area (Å²) in [6, 6.07) is 37.4. The van der Waals surface area contributed by atoms with Crippen LogP contribution in [0.1, 0.15) is 24.8 Å². The van der Waals surface area contributed by atoms with Crippen LogP contribution in [0.25, 0.3) is 42.6 Å². The lowest BCUT2D eigenvalue weighted by Gasteiger charge is -2.33. The molecule has 48 heavy (non-hydrogen) atoms. The average molecular weight is 658 g/mol. The van der Waals surface area contributed by atoms with Crippen molar-refractivity contribution in [3.8, 4) is 12.1 Å². The van der Waals surface area contributed by atoms with Crippen LogP contribution in [0, 0.1) is 42.7 Å². The Bertz CT molecular complexity index is 2360.